The molecule has 0 atom stereocenters. The van der Waals surface area contributed by atoms with Gasteiger partial charge in [-0.15, -0.1) is 0 Å². The number of aryl methyl sites for hydroxylation is 1. The van der Waals surface area contributed by atoms with E-state index < -0.39 is 0 Å². The number of ether oxygens (including phenoxy) is 1. The van der Waals surface area contributed by atoms with Crippen LogP contribution in [0.3, 0.4) is 0 Å². The SMILES string of the molecule is COC(=O)c1ccc(Br)c(CCC=O)c1. The first-order chi connectivity index (χ1) is 7.19. The number of methoxy groups -OCH3 is 1. The van der Waals surface area contributed by atoms with Gasteiger partial charge >= 0.3 is 5.97 Å². The summed E-state index contributed by atoms with van der Waals surface area (Å²) in [5.74, 6) is -0.366. The molecule has 1 rings (SSSR count). The van der Waals surface area contributed by atoms with Crippen molar-refractivity contribution in [2.24, 2.45) is 0 Å². The van der Waals surface area contributed by atoms with E-state index in [1.165, 1.54) is 7.11 Å². The van der Waals surface area contributed by atoms with Crippen LogP contribution in [0.5, 0.6) is 0 Å². The fourth-order valence-corrected chi connectivity index (χ4v) is 1.67. The molecule has 0 radical (unpaired) electrons. The molecule has 0 aliphatic carbocycles. The molecule has 0 aromatic heterocycles. The van der Waals surface area contributed by atoms with Crippen LogP contribution in [0, 0.1) is 0 Å². The van der Waals surface area contributed by atoms with Gasteiger partial charge in [0.2, 0.25) is 0 Å². The maximum atomic E-state index is 11.2. The zero-order chi connectivity index (χ0) is 11.3. The maximum absolute atomic E-state index is 11.2. The largest absolute Gasteiger partial charge is 0.465 e. The molecular formula is C11H11BrO3. The van der Waals surface area contributed by atoms with Crippen molar-refractivity contribution in [3.05, 3.63) is 33.8 Å². The van der Waals surface area contributed by atoms with Gasteiger partial charge in [-0.1, -0.05) is 15.9 Å². The molecule has 0 amide bonds. The predicted molar refractivity (Wildman–Crippen MR) is 59.9 cm³/mol. The number of benzene rings is 1. The van der Waals surface area contributed by atoms with Crippen LogP contribution in [0.2, 0.25) is 0 Å². The van der Waals surface area contributed by atoms with E-state index in [0.29, 0.717) is 18.4 Å². The average Bonchev–Trinajstić information content (AvgIpc) is 2.27. The van der Waals surface area contributed by atoms with Gasteiger partial charge in [0.05, 0.1) is 12.7 Å². The molecular weight excluding hydrogens is 260 g/mol. The summed E-state index contributed by atoms with van der Waals surface area (Å²) in [6.45, 7) is 0. The Morgan fingerprint density at radius 3 is 2.87 bits per heavy atom. The quantitative estimate of drug-likeness (QED) is 0.623. The Bertz CT molecular complexity index is 374. The standard InChI is InChI=1S/C11H11BrO3/c1-15-11(14)9-4-5-10(12)8(7-9)3-2-6-13/h4-7H,2-3H2,1H3. The molecule has 3 nitrogen and oxygen atoms in total. The van der Waals surface area contributed by atoms with Gasteiger partial charge in [0.1, 0.15) is 6.29 Å². The van der Waals surface area contributed by atoms with Crippen LogP contribution in [-0.2, 0) is 16.0 Å². The lowest BCUT2D eigenvalue weighted by Crippen LogP contribution is -2.02. The fourth-order valence-electron chi connectivity index (χ4n) is 1.23. The number of aldehydes is 1. The van der Waals surface area contributed by atoms with E-state index >= 15 is 0 Å². The second kappa shape index (κ2) is 5.66. The Morgan fingerprint density at radius 2 is 2.27 bits per heavy atom. The molecule has 0 saturated carbocycles. The van der Waals surface area contributed by atoms with Crippen molar-refractivity contribution < 1.29 is 14.3 Å². The van der Waals surface area contributed by atoms with Crippen LogP contribution in [0.1, 0.15) is 22.3 Å². The summed E-state index contributed by atoms with van der Waals surface area (Å²) in [6.07, 6.45) is 1.93. The zero-order valence-electron chi connectivity index (χ0n) is 8.33. The van der Waals surface area contributed by atoms with Gasteiger partial charge in [0.25, 0.3) is 0 Å². The first-order valence-corrected chi connectivity index (χ1v) is 5.28. The number of hydrogen-bond donors (Lipinski definition) is 0. The van der Waals surface area contributed by atoms with E-state index in [9.17, 15) is 9.59 Å². The summed E-state index contributed by atoms with van der Waals surface area (Å²) >= 11 is 3.36. The topological polar surface area (TPSA) is 43.4 Å². The highest BCUT2D eigenvalue weighted by Gasteiger charge is 2.08. The van der Waals surface area contributed by atoms with Crippen molar-refractivity contribution in [3.8, 4) is 0 Å². The highest BCUT2D eigenvalue weighted by Crippen LogP contribution is 2.20. The lowest BCUT2D eigenvalue weighted by molar-refractivity contribution is -0.107. The molecule has 0 aliphatic heterocycles. The fraction of sp³-hybridized carbons (Fsp3) is 0.273. The van der Waals surface area contributed by atoms with Crippen molar-refractivity contribution in [2.45, 2.75) is 12.8 Å². The zero-order valence-corrected chi connectivity index (χ0v) is 9.91. The summed E-state index contributed by atoms with van der Waals surface area (Å²) in [4.78, 5) is 21.5. The van der Waals surface area contributed by atoms with E-state index in [2.05, 4.69) is 20.7 Å². The minimum Gasteiger partial charge on any atom is -0.465 e. The third-order valence-corrected chi connectivity index (χ3v) is 2.77. The van der Waals surface area contributed by atoms with Gasteiger partial charge in [0.15, 0.2) is 0 Å². The van der Waals surface area contributed by atoms with Gasteiger partial charge in [-0.3, -0.25) is 0 Å². The Morgan fingerprint density at radius 1 is 1.53 bits per heavy atom. The Labute approximate surface area is 96.6 Å². The molecule has 0 fully saturated rings. The van der Waals surface area contributed by atoms with E-state index in [-0.39, 0.29) is 5.97 Å². The predicted octanol–water partition coefficient (Wildman–Crippen LogP) is 2.37. The highest BCUT2D eigenvalue weighted by atomic mass is 79.9. The number of esters is 1. The van der Waals surface area contributed by atoms with E-state index in [1.54, 1.807) is 18.2 Å². The molecule has 0 aliphatic rings. The summed E-state index contributed by atoms with van der Waals surface area (Å²) in [5.41, 5.74) is 1.44. The van der Waals surface area contributed by atoms with Crippen molar-refractivity contribution in [3.63, 3.8) is 0 Å². The third kappa shape index (κ3) is 3.16. The summed E-state index contributed by atoms with van der Waals surface area (Å²) in [6, 6.07) is 5.20. The second-order valence-corrected chi connectivity index (χ2v) is 3.86. The van der Waals surface area contributed by atoms with Crippen LogP contribution in [-0.4, -0.2) is 19.4 Å². The number of carbonyl (C=O) groups excluding carboxylic acids is 2. The number of hydrogen-bond acceptors (Lipinski definition) is 3. The van der Waals surface area contributed by atoms with E-state index in [4.69, 9.17) is 0 Å². The molecule has 80 valence electrons. The lowest BCUT2D eigenvalue weighted by atomic mass is 10.1. The van der Waals surface area contributed by atoms with Crippen LogP contribution < -0.4 is 0 Å². The van der Waals surface area contributed by atoms with Crippen LogP contribution in [0.4, 0.5) is 0 Å². The molecule has 0 unspecified atom stereocenters. The smallest absolute Gasteiger partial charge is 0.337 e. The monoisotopic (exact) mass is 270 g/mol. The summed E-state index contributed by atoms with van der Waals surface area (Å²) in [5, 5.41) is 0. The molecule has 0 N–H and O–H groups in total. The average molecular weight is 271 g/mol. The van der Waals surface area contributed by atoms with E-state index in [1.807, 2.05) is 0 Å². The van der Waals surface area contributed by atoms with Crippen molar-refractivity contribution >= 4 is 28.2 Å². The Balaban J connectivity index is 2.94. The van der Waals surface area contributed by atoms with E-state index in [0.717, 1.165) is 16.3 Å². The summed E-state index contributed by atoms with van der Waals surface area (Å²) in [7, 11) is 1.34. The third-order valence-electron chi connectivity index (χ3n) is 2.00. The van der Waals surface area contributed by atoms with Crippen molar-refractivity contribution in [1.82, 2.24) is 0 Å². The van der Waals surface area contributed by atoms with Crippen LogP contribution in [0.15, 0.2) is 22.7 Å². The lowest BCUT2D eigenvalue weighted by Gasteiger charge is -2.05. The minimum absolute atomic E-state index is 0.366. The number of carbonyl (C=O) groups is 2. The number of rotatable bonds is 4. The highest BCUT2D eigenvalue weighted by molar-refractivity contribution is 9.10. The molecule has 1 aromatic carbocycles. The minimum atomic E-state index is -0.366. The van der Waals surface area contributed by atoms with Crippen LogP contribution >= 0.6 is 15.9 Å². The Kier molecular flexibility index (Phi) is 4.49. The molecule has 0 saturated heterocycles. The molecule has 0 heterocycles. The first kappa shape index (κ1) is 11.9. The molecule has 4 heteroatoms. The molecule has 15 heavy (non-hydrogen) atoms. The normalized spacial score (nSPS) is 9.73. The van der Waals surface area contributed by atoms with Crippen LogP contribution in [0.25, 0.3) is 0 Å². The van der Waals surface area contributed by atoms with Crippen molar-refractivity contribution in [1.29, 1.82) is 0 Å². The van der Waals surface area contributed by atoms with Gasteiger partial charge in [0, 0.05) is 10.9 Å². The Hall–Kier alpha value is -1.16. The summed E-state index contributed by atoms with van der Waals surface area (Å²) < 4.78 is 5.51. The van der Waals surface area contributed by atoms with Gasteiger partial charge in [-0.25, -0.2) is 4.79 Å². The molecule has 1 aromatic rings. The van der Waals surface area contributed by atoms with Gasteiger partial charge in [-0.05, 0) is 30.2 Å². The number of halogens is 1. The van der Waals surface area contributed by atoms with Gasteiger partial charge in [-0.2, -0.15) is 0 Å². The maximum Gasteiger partial charge on any atom is 0.337 e. The van der Waals surface area contributed by atoms with Crippen molar-refractivity contribution in [2.75, 3.05) is 7.11 Å². The van der Waals surface area contributed by atoms with Gasteiger partial charge < -0.3 is 9.53 Å². The molecule has 0 spiro atoms. The molecule has 0 bridgehead atoms. The second-order valence-electron chi connectivity index (χ2n) is 3.00. The first-order valence-electron chi connectivity index (χ1n) is 4.49.